The van der Waals surface area contributed by atoms with Crippen LogP contribution in [0.15, 0.2) is 35.7 Å². The van der Waals surface area contributed by atoms with Crippen LogP contribution in [-0.2, 0) is 4.79 Å². The third-order valence-corrected chi connectivity index (χ3v) is 4.26. The number of anilines is 1. The third kappa shape index (κ3) is 4.63. The Labute approximate surface area is 142 Å². The zero-order chi connectivity index (χ0) is 17.5. The van der Waals surface area contributed by atoms with Crippen molar-refractivity contribution < 1.29 is 14.5 Å². The Morgan fingerprint density at radius 3 is 2.71 bits per heavy atom. The van der Waals surface area contributed by atoms with Gasteiger partial charge in [-0.3, -0.25) is 19.7 Å². The van der Waals surface area contributed by atoms with Gasteiger partial charge in [-0.05, 0) is 30.9 Å². The van der Waals surface area contributed by atoms with Gasteiger partial charge in [-0.1, -0.05) is 12.1 Å². The molecule has 24 heavy (non-hydrogen) atoms. The van der Waals surface area contributed by atoms with Gasteiger partial charge >= 0.3 is 0 Å². The van der Waals surface area contributed by atoms with E-state index in [-0.39, 0.29) is 23.9 Å². The first-order valence-corrected chi connectivity index (χ1v) is 8.22. The van der Waals surface area contributed by atoms with E-state index in [2.05, 4.69) is 10.6 Å². The molecule has 8 heteroatoms. The maximum absolute atomic E-state index is 11.9. The zero-order valence-corrected chi connectivity index (χ0v) is 13.9. The second-order valence-electron chi connectivity index (χ2n) is 5.09. The molecule has 1 aromatic carbocycles. The minimum Gasteiger partial charge on any atom is -0.351 e. The number of amides is 2. The summed E-state index contributed by atoms with van der Waals surface area (Å²) in [6.45, 7) is 1.98. The highest BCUT2D eigenvalue weighted by atomic mass is 32.1. The van der Waals surface area contributed by atoms with Crippen LogP contribution < -0.4 is 10.6 Å². The number of thiophene rings is 1. The fourth-order valence-electron chi connectivity index (χ4n) is 2.12. The minimum absolute atomic E-state index is 0.0315. The number of carbonyl (C=O) groups is 2. The third-order valence-electron chi connectivity index (χ3n) is 3.39. The van der Waals surface area contributed by atoms with Crippen LogP contribution in [0.25, 0.3) is 0 Å². The molecule has 0 spiro atoms. The molecule has 0 aliphatic carbocycles. The summed E-state index contributed by atoms with van der Waals surface area (Å²) < 4.78 is 0. The summed E-state index contributed by atoms with van der Waals surface area (Å²) in [5.41, 5.74) is 0.815. The highest BCUT2D eigenvalue weighted by Gasteiger charge is 2.14. The predicted octanol–water partition coefficient (Wildman–Crippen LogP) is 3.11. The lowest BCUT2D eigenvalue weighted by Gasteiger charge is -2.09. The SMILES string of the molecule is Cc1c(NC(=O)CCCNC(=O)c2cccs2)cccc1[N+](=O)[O-]. The highest BCUT2D eigenvalue weighted by molar-refractivity contribution is 7.12. The summed E-state index contributed by atoms with van der Waals surface area (Å²) >= 11 is 1.36. The van der Waals surface area contributed by atoms with Crippen LogP contribution in [0.2, 0.25) is 0 Å². The van der Waals surface area contributed by atoms with Gasteiger partial charge in [-0.15, -0.1) is 11.3 Å². The molecule has 0 radical (unpaired) electrons. The molecule has 126 valence electrons. The lowest BCUT2D eigenvalue weighted by molar-refractivity contribution is -0.385. The van der Waals surface area contributed by atoms with Crippen molar-refractivity contribution in [2.75, 3.05) is 11.9 Å². The number of hydrogen-bond donors (Lipinski definition) is 2. The number of hydrogen-bond acceptors (Lipinski definition) is 5. The summed E-state index contributed by atoms with van der Waals surface area (Å²) in [7, 11) is 0. The summed E-state index contributed by atoms with van der Waals surface area (Å²) in [5.74, 6) is -0.399. The maximum Gasteiger partial charge on any atom is 0.274 e. The van der Waals surface area contributed by atoms with E-state index in [1.54, 1.807) is 25.1 Å². The lowest BCUT2D eigenvalue weighted by Crippen LogP contribution is -2.24. The Bertz CT molecular complexity index is 744. The van der Waals surface area contributed by atoms with Crippen LogP contribution in [0.5, 0.6) is 0 Å². The van der Waals surface area contributed by atoms with Gasteiger partial charge in [0, 0.05) is 19.0 Å². The number of nitrogens with one attached hydrogen (secondary N) is 2. The molecule has 7 nitrogen and oxygen atoms in total. The summed E-state index contributed by atoms with van der Waals surface area (Å²) in [4.78, 5) is 34.7. The van der Waals surface area contributed by atoms with Crippen molar-refractivity contribution in [3.8, 4) is 0 Å². The number of nitro groups is 1. The fourth-order valence-corrected chi connectivity index (χ4v) is 2.76. The van der Waals surface area contributed by atoms with Gasteiger partial charge in [-0.25, -0.2) is 0 Å². The number of rotatable bonds is 7. The number of nitro benzene ring substituents is 1. The van der Waals surface area contributed by atoms with Crippen molar-refractivity contribution in [2.24, 2.45) is 0 Å². The fraction of sp³-hybridized carbons (Fsp3) is 0.250. The summed E-state index contributed by atoms with van der Waals surface area (Å²) in [6, 6.07) is 8.08. The Hall–Kier alpha value is -2.74. The van der Waals surface area contributed by atoms with Crippen LogP contribution in [0.3, 0.4) is 0 Å². The van der Waals surface area contributed by atoms with Crippen LogP contribution in [0.1, 0.15) is 28.1 Å². The maximum atomic E-state index is 11.9. The molecular formula is C16H17N3O4S. The summed E-state index contributed by atoms with van der Waals surface area (Å²) in [5, 5.41) is 18.1. The van der Waals surface area contributed by atoms with Crippen molar-refractivity contribution >= 4 is 34.5 Å². The normalized spacial score (nSPS) is 10.2. The molecule has 2 aromatic rings. The average molecular weight is 347 g/mol. The molecule has 2 N–H and O–H groups in total. The smallest absolute Gasteiger partial charge is 0.274 e. The number of carbonyl (C=O) groups excluding carboxylic acids is 2. The first-order valence-electron chi connectivity index (χ1n) is 7.34. The largest absolute Gasteiger partial charge is 0.351 e. The molecule has 0 aliphatic rings. The molecule has 0 atom stereocenters. The molecule has 0 bridgehead atoms. The van der Waals surface area contributed by atoms with Gasteiger partial charge in [0.15, 0.2) is 0 Å². The van der Waals surface area contributed by atoms with Crippen molar-refractivity contribution in [2.45, 2.75) is 19.8 Å². The first-order chi connectivity index (χ1) is 11.5. The van der Waals surface area contributed by atoms with E-state index < -0.39 is 4.92 Å². The average Bonchev–Trinajstić information content (AvgIpc) is 3.07. The molecule has 1 aromatic heterocycles. The van der Waals surface area contributed by atoms with Gasteiger partial charge in [0.05, 0.1) is 21.1 Å². The van der Waals surface area contributed by atoms with Crippen LogP contribution in [-0.4, -0.2) is 23.3 Å². The van der Waals surface area contributed by atoms with Gasteiger partial charge < -0.3 is 10.6 Å². The van der Waals surface area contributed by atoms with E-state index in [9.17, 15) is 19.7 Å². The monoisotopic (exact) mass is 347 g/mol. The Kier molecular flexibility index (Phi) is 6.02. The Morgan fingerprint density at radius 2 is 2.04 bits per heavy atom. The molecule has 0 saturated heterocycles. The summed E-state index contributed by atoms with van der Waals surface area (Å²) in [6.07, 6.45) is 0.698. The molecule has 2 amide bonds. The molecule has 0 fully saturated rings. The van der Waals surface area contributed by atoms with Gasteiger partial charge in [0.2, 0.25) is 5.91 Å². The van der Waals surface area contributed by atoms with Crippen molar-refractivity contribution in [1.82, 2.24) is 5.32 Å². The molecule has 2 rings (SSSR count). The van der Waals surface area contributed by atoms with Gasteiger partial charge in [-0.2, -0.15) is 0 Å². The van der Waals surface area contributed by atoms with E-state index in [0.717, 1.165) is 0 Å². The van der Waals surface area contributed by atoms with Crippen molar-refractivity contribution in [3.05, 3.63) is 56.3 Å². The van der Waals surface area contributed by atoms with Crippen LogP contribution in [0.4, 0.5) is 11.4 Å². The topological polar surface area (TPSA) is 101 Å². The van der Waals surface area contributed by atoms with Crippen molar-refractivity contribution in [1.29, 1.82) is 0 Å². The van der Waals surface area contributed by atoms with Gasteiger partial charge in [0.25, 0.3) is 11.6 Å². The van der Waals surface area contributed by atoms with Gasteiger partial charge in [0.1, 0.15) is 0 Å². The van der Waals surface area contributed by atoms with Crippen molar-refractivity contribution in [3.63, 3.8) is 0 Å². The second-order valence-corrected chi connectivity index (χ2v) is 6.04. The standard InChI is InChI=1S/C16H17N3O4S/c1-11-12(5-2-6-13(11)19(22)23)18-15(20)8-3-9-17-16(21)14-7-4-10-24-14/h2,4-7,10H,3,8-9H2,1H3,(H,17,21)(H,18,20). The van der Waals surface area contributed by atoms with E-state index >= 15 is 0 Å². The number of benzene rings is 1. The molecule has 1 heterocycles. The quantitative estimate of drug-likeness (QED) is 0.456. The van der Waals surface area contributed by atoms with E-state index in [0.29, 0.717) is 29.1 Å². The van der Waals surface area contributed by atoms with Crippen LogP contribution in [0, 0.1) is 17.0 Å². The van der Waals surface area contributed by atoms with E-state index in [4.69, 9.17) is 0 Å². The molecule has 0 aliphatic heterocycles. The Balaban J connectivity index is 1.79. The molecule has 0 unspecified atom stereocenters. The molecular weight excluding hydrogens is 330 g/mol. The number of nitrogens with zero attached hydrogens (tertiary/aromatic N) is 1. The Morgan fingerprint density at radius 1 is 1.25 bits per heavy atom. The van der Waals surface area contributed by atoms with E-state index in [1.165, 1.54) is 23.5 Å². The molecule has 0 saturated carbocycles. The minimum atomic E-state index is -0.481. The predicted molar refractivity (Wildman–Crippen MR) is 92.3 cm³/mol. The zero-order valence-electron chi connectivity index (χ0n) is 13.1. The lowest BCUT2D eigenvalue weighted by atomic mass is 10.1. The van der Waals surface area contributed by atoms with E-state index in [1.807, 2.05) is 5.38 Å². The second kappa shape index (κ2) is 8.21. The van der Waals surface area contributed by atoms with Crippen LogP contribution >= 0.6 is 11.3 Å². The highest BCUT2D eigenvalue weighted by Crippen LogP contribution is 2.25. The first kappa shape index (κ1) is 17.6.